The molecule has 0 aromatic heterocycles. The molecule has 0 atom stereocenters. The molecule has 9 heteroatoms. The first-order chi connectivity index (χ1) is 17.5. The van der Waals surface area contributed by atoms with Gasteiger partial charge in [-0.05, 0) is 60.2 Å². The third kappa shape index (κ3) is 6.46. The monoisotopic (exact) mass is 524 g/mol. The zero-order chi connectivity index (χ0) is 25.5. The van der Waals surface area contributed by atoms with Crippen molar-refractivity contribution in [2.75, 3.05) is 50.6 Å². The topological polar surface area (TPSA) is 66.1 Å². The summed E-state index contributed by atoms with van der Waals surface area (Å²) in [7, 11) is 3.06. The van der Waals surface area contributed by atoms with E-state index in [1.807, 2.05) is 30.3 Å². The van der Waals surface area contributed by atoms with Gasteiger partial charge >= 0.3 is 0 Å². The van der Waals surface area contributed by atoms with Crippen LogP contribution in [-0.4, -0.2) is 56.3 Å². The van der Waals surface area contributed by atoms with Gasteiger partial charge in [0, 0.05) is 55.2 Å². The fourth-order valence-electron chi connectivity index (χ4n) is 4.11. The zero-order valence-corrected chi connectivity index (χ0v) is 21.9. The van der Waals surface area contributed by atoms with Crippen LogP contribution >= 0.6 is 23.8 Å². The Morgan fingerprint density at radius 3 is 2.36 bits per heavy atom. The first-order valence-electron chi connectivity index (χ1n) is 11.6. The molecule has 1 heterocycles. The lowest BCUT2D eigenvalue weighted by molar-refractivity contribution is 0.0974. The van der Waals surface area contributed by atoms with Crippen LogP contribution in [0.3, 0.4) is 0 Å². The molecule has 1 saturated heterocycles. The normalized spacial score (nSPS) is 13.7. The first kappa shape index (κ1) is 25.8. The van der Waals surface area contributed by atoms with Crippen molar-refractivity contribution in [3.63, 3.8) is 0 Å². The van der Waals surface area contributed by atoms with E-state index >= 15 is 0 Å². The second-order valence-electron chi connectivity index (χ2n) is 8.38. The summed E-state index contributed by atoms with van der Waals surface area (Å²) in [6.07, 6.45) is 0. The van der Waals surface area contributed by atoms with Crippen LogP contribution in [-0.2, 0) is 6.54 Å². The highest BCUT2D eigenvalue weighted by Gasteiger charge is 2.18. The summed E-state index contributed by atoms with van der Waals surface area (Å²) in [5.41, 5.74) is 3.47. The Kier molecular flexibility index (Phi) is 8.64. The van der Waals surface area contributed by atoms with Crippen molar-refractivity contribution >= 4 is 46.2 Å². The number of amides is 1. The highest BCUT2D eigenvalue weighted by molar-refractivity contribution is 7.80. The second-order valence-corrected chi connectivity index (χ2v) is 9.19. The molecule has 0 unspecified atom stereocenters. The van der Waals surface area contributed by atoms with E-state index in [1.165, 1.54) is 7.11 Å². The van der Waals surface area contributed by atoms with Crippen LogP contribution in [0.4, 0.5) is 11.4 Å². The average Bonchev–Trinajstić information content (AvgIpc) is 2.90. The van der Waals surface area contributed by atoms with E-state index in [4.69, 9.17) is 33.3 Å². The maximum atomic E-state index is 12.7. The summed E-state index contributed by atoms with van der Waals surface area (Å²) in [5.74, 6) is 0.649. The number of carbonyl (C=O) groups excluding carboxylic acids is 1. The third-order valence-corrected chi connectivity index (χ3v) is 6.67. The predicted molar refractivity (Wildman–Crippen MR) is 149 cm³/mol. The number of hydrogen-bond donors (Lipinski definition) is 2. The van der Waals surface area contributed by atoms with Gasteiger partial charge in [-0.2, -0.15) is 0 Å². The van der Waals surface area contributed by atoms with Gasteiger partial charge in [0.15, 0.2) is 5.11 Å². The number of nitrogens with zero attached hydrogens (tertiary/aromatic N) is 2. The third-order valence-electron chi connectivity index (χ3n) is 6.09. The van der Waals surface area contributed by atoms with E-state index in [1.54, 1.807) is 25.3 Å². The molecule has 0 radical (unpaired) electrons. The Balaban J connectivity index is 1.28. The summed E-state index contributed by atoms with van der Waals surface area (Å²) in [5, 5.41) is 6.79. The Morgan fingerprint density at radius 1 is 0.972 bits per heavy atom. The zero-order valence-electron chi connectivity index (χ0n) is 20.3. The molecule has 0 bridgehead atoms. The number of halogens is 1. The van der Waals surface area contributed by atoms with Gasteiger partial charge in [0.2, 0.25) is 0 Å². The Hall–Kier alpha value is -3.33. The van der Waals surface area contributed by atoms with Crippen molar-refractivity contribution in [1.82, 2.24) is 10.2 Å². The molecule has 2 N–H and O–H groups in total. The van der Waals surface area contributed by atoms with Gasteiger partial charge in [-0.3, -0.25) is 15.0 Å². The second kappa shape index (κ2) is 12.1. The molecule has 3 aromatic carbocycles. The summed E-state index contributed by atoms with van der Waals surface area (Å²) in [4.78, 5) is 17.5. The standard InChI is InChI=1S/C27H29ClN4O3S/c1-34-22-11-12-23(25(17-22)35-2)26(33)30-27(36)29-20-7-9-21(10-8-20)32-15-13-31(14-16-32)18-19-5-3-4-6-24(19)28/h3-12,17H,13-16,18H2,1-2H3,(H2,29,30,33,36). The SMILES string of the molecule is COc1ccc(C(=O)NC(=S)Nc2ccc(N3CCN(Cc4ccccc4Cl)CC3)cc2)c(OC)c1. The van der Waals surface area contributed by atoms with Crippen LogP contribution in [0.2, 0.25) is 5.02 Å². The molecule has 188 valence electrons. The quantitative estimate of drug-likeness (QED) is 0.430. The maximum Gasteiger partial charge on any atom is 0.261 e. The molecule has 1 amide bonds. The van der Waals surface area contributed by atoms with Crippen molar-refractivity contribution in [2.24, 2.45) is 0 Å². The summed E-state index contributed by atoms with van der Waals surface area (Å²) < 4.78 is 10.5. The van der Waals surface area contributed by atoms with Crippen molar-refractivity contribution in [3.05, 3.63) is 82.9 Å². The van der Waals surface area contributed by atoms with Crippen LogP contribution < -0.4 is 25.0 Å². The minimum absolute atomic E-state index is 0.207. The number of thiocarbonyl (C=S) groups is 1. The highest BCUT2D eigenvalue weighted by atomic mass is 35.5. The number of piperazine rings is 1. The van der Waals surface area contributed by atoms with Gasteiger partial charge in [-0.1, -0.05) is 29.8 Å². The summed E-state index contributed by atoms with van der Waals surface area (Å²) in [6, 6.07) is 21.0. The largest absolute Gasteiger partial charge is 0.497 e. The molecule has 36 heavy (non-hydrogen) atoms. The lowest BCUT2D eigenvalue weighted by Gasteiger charge is -2.36. The van der Waals surface area contributed by atoms with E-state index in [-0.39, 0.29) is 11.0 Å². The lowest BCUT2D eigenvalue weighted by Crippen LogP contribution is -2.46. The number of benzene rings is 3. The van der Waals surface area contributed by atoms with Gasteiger partial charge in [0.05, 0.1) is 19.8 Å². The minimum atomic E-state index is -0.363. The maximum absolute atomic E-state index is 12.7. The Labute approximate surface area is 221 Å². The average molecular weight is 525 g/mol. The van der Waals surface area contributed by atoms with Gasteiger partial charge in [0.1, 0.15) is 11.5 Å². The molecular formula is C27H29ClN4O3S. The number of nitrogens with one attached hydrogen (secondary N) is 2. The van der Waals surface area contributed by atoms with Crippen molar-refractivity contribution in [1.29, 1.82) is 0 Å². The van der Waals surface area contributed by atoms with Crippen molar-refractivity contribution in [2.45, 2.75) is 6.54 Å². The van der Waals surface area contributed by atoms with E-state index in [0.717, 1.165) is 54.7 Å². The molecule has 1 fully saturated rings. The van der Waals surface area contributed by atoms with Crippen LogP contribution in [0, 0.1) is 0 Å². The molecular weight excluding hydrogens is 496 g/mol. The van der Waals surface area contributed by atoms with E-state index in [0.29, 0.717) is 17.1 Å². The number of anilines is 2. The molecule has 1 aliphatic rings. The van der Waals surface area contributed by atoms with E-state index < -0.39 is 0 Å². The number of methoxy groups -OCH3 is 2. The number of ether oxygens (including phenoxy) is 2. The summed E-state index contributed by atoms with van der Waals surface area (Å²) >= 11 is 11.7. The number of rotatable bonds is 7. The van der Waals surface area contributed by atoms with Crippen LogP contribution in [0.25, 0.3) is 0 Å². The van der Waals surface area contributed by atoms with Crippen molar-refractivity contribution < 1.29 is 14.3 Å². The predicted octanol–water partition coefficient (Wildman–Crippen LogP) is 4.81. The molecule has 0 spiro atoms. The summed E-state index contributed by atoms with van der Waals surface area (Å²) in [6.45, 7) is 4.68. The molecule has 0 saturated carbocycles. The van der Waals surface area contributed by atoms with E-state index in [2.05, 4.69) is 38.6 Å². The molecule has 7 nitrogen and oxygen atoms in total. The molecule has 3 aromatic rings. The molecule has 4 rings (SSSR count). The Morgan fingerprint density at radius 2 is 1.69 bits per heavy atom. The van der Waals surface area contributed by atoms with E-state index in [9.17, 15) is 4.79 Å². The Bertz CT molecular complexity index is 1210. The molecule has 0 aliphatic carbocycles. The van der Waals surface area contributed by atoms with Gasteiger partial charge < -0.3 is 19.7 Å². The molecule has 1 aliphatic heterocycles. The fourth-order valence-corrected chi connectivity index (χ4v) is 4.51. The fraction of sp³-hybridized carbons (Fsp3) is 0.259. The van der Waals surface area contributed by atoms with Crippen LogP contribution in [0.1, 0.15) is 15.9 Å². The van der Waals surface area contributed by atoms with Gasteiger partial charge in [-0.15, -0.1) is 0 Å². The van der Waals surface area contributed by atoms with Crippen LogP contribution in [0.15, 0.2) is 66.7 Å². The smallest absolute Gasteiger partial charge is 0.261 e. The first-order valence-corrected chi connectivity index (χ1v) is 12.4. The minimum Gasteiger partial charge on any atom is -0.497 e. The van der Waals surface area contributed by atoms with Crippen molar-refractivity contribution in [3.8, 4) is 11.5 Å². The van der Waals surface area contributed by atoms with Crippen LogP contribution in [0.5, 0.6) is 11.5 Å². The number of carbonyl (C=O) groups is 1. The highest BCUT2D eigenvalue weighted by Crippen LogP contribution is 2.25. The number of hydrogen-bond acceptors (Lipinski definition) is 6. The van der Waals surface area contributed by atoms with Gasteiger partial charge in [-0.25, -0.2) is 0 Å². The lowest BCUT2D eigenvalue weighted by atomic mass is 10.1. The van der Waals surface area contributed by atoms with Gasteiger partial charge in [0.25, 0.3) is 5.91 Å².